The lowest BCUT2D eigenvalue weighted by atomic mass is 10.1. The lowest BCUT2D eigenvalue weighted by Crippen LogP contribution is -2.06. The summed E-state index contributed by atoms with van der Waals surface area (Å²) in [6, 6.07) is 4.92. The van der Waals surface area contributed by atoms with E-state index in [9.17, 15) is 13.2 Å². The summed E-state index contributed by atoms with van der Waals surface area (Å²) in [6.07, 6.45) is -1.21. The molecule has 4 nitrogen and oxygen atoms in total. The lowest BCUT2D eigenvalue weighted by molar-refractivity contribution is -0.137. The minimum Gasteiger partial charge on any atom is -0.243 e. The first-order valence-corrected chi connectivity index (χ1v) is 6.31. The van der Waals surface area contributed by atoms with E-state index >= 15 is 0 Å². The highest BCUT2D eigenvalue weighted by atomic mass is 35.5. The smallest absolute Gasteiger partial charge is 0.243 e. The Bertz CT molecular complexity index is 780. The van der Waals surface area contributed by atoms with Crippen LogP contribution in [0.2, 0.25) is 5.28 Å². The van der Waals surface area contributed by atoms with Gasteiger partial charge in [0.05, 0.1) is 23.7 Å². The Balaban J connectivity index is 1.90. The Hall–Kier alpha value is -2.15. The van der Waals surface area contributed by atoms with Crippen molar-refractivity contribution < 1.29 is 13.2 Å². The van der Waals surface area contributed by atoms with Crippen molar-refractivity contribution in [1.29, 1.82) is 0 Å². The number of nitrogens with zero attached hydrogens (tertiary/aromatic N) is 4. The molecule has 2 aromatic heterocycles. The molecule has 0 saturated carbocycles. The van der Waals surface area contributed by atoms with Crippen LogP contribution in [-0.4, -0.2) is 19.7 Å². The van der Waals surface area contributed by atoms with Gasteiger partial charge in [-0.2, -0.15) is 23.3 Å². The molecule has 8 heteroatoms. The van der Waals surface area contributed by atoms with Crippen LogP contribution >= 0.6 is 11.6 Å². The van der Waals surface area contributed by atoms with E-state index in [0.717, 1.165) is 12.1 Å². The van der Waals surface area contributed by atoms with Crippen molar-refractivity contribution in [2.24, 2.45) is 0 Å². The molecule has 0 saturated heterocycles. The summed E-state index contributed by atoms with van der Waals surface area (Å²) in [6.45, 7) is 0.301. The molecule has 0 radical (unpaired) electrons. The third-order valence-electron chi connectivity index (χ3n) is 2.96. The average Bonchev–Trinajstić information content (AvgIpc) is 2.81. The number of fused-ring (bicyclic) bond motifs is 1. The molecule has 0 unspecified atom stereocenters. The molecular weight excluding hydrogens is 305 g/mol. The molecule has 3 aromatic rings. The van der Waals surface area contributed by atoms with Crippen LogP contribution < -0.4 is 0 Å². The average molecular weight is 313 g/mol. The van der Waals surface area contributed by atoms with Crippen molar-refractivity contribution in [3.63, 3.8) is 0 Å². The van der Waals surface area contributed by atoms with Crippen LogP contribution in [0, 0.1) is 0 Å². The van der Waals surface area contributed by atoms with E-state index in [2.05, 4.69) is 15.1 Å². The van der Waals surface area contributed by atoms with Crippen molar-refractivity contribution in [2.75, 3.05) is 0 Å². The molecule has 0 N–H and O–H groups in total. The molecule has 0 atom stereocenters. The number of benzene rings is 1. The molecule has 108 valence electrons. The van der Waals surface area contributed by atoms with Gasteiger partial charge < -0.3 is 0 Å². The van der Waals surface area contributed by atoms with E-state index in [0.29, 0.717) is 23.1 Å². The molecule has 0 amide bonds. The normalized spacial score (nSPS) is 12.0. The molecule has 21 heavy (non-hydrogen) atoms. The molecule has 0 aliphatic carbocycles. The van der Waals surface area contributed by atoms with E-state index in [4.69, 9.17) is 11.6 Å². The van der Waals surface area contributed by atoms with Gasteiger partial charge in [0.25, 0.3) is 0 Å². The summed E-state index contributed by atoms with van der Waals surface area (Å²) in [5, 5.41) is 4.94. The van der Waals surface area contributed by atoms with Crippen LogP contribution in [-0.2, 0) is 12.7 Å². The number of halogens is 4. The highest BCUT2D eigenvalue weighted by Gasteiger charge is 2.29. The van der Waals surface area contributed by atoms with Crippen LogP contribution in [0.15, 0.2) is 36.7 Å². The molecule has 1 aromatic carbocycles. The van der Waals surface area contributed by atoms with Gasteiger partial charge in [0, 0.05) is 6.20 Å². The van der Waals surface area contributed by atoms with Crippen molar-refractivity contribution in [2.45, 2.75) is 12.7 Å². The summed E-state index contributed by atoms with van der Waals surface area (Å²) in [5.74, 6) is 0. The molecule has 0 bridgehead atoms. The largest absolute Gasteiger partial charge is 0.416 e. The zero-order chi connectivity index (χ0) is 15.0. The van der Waals surface area contributed by atoms with E-state index in [1.165, 1.54) is 12.1 Å². The van der Waals surface area contributed by atoms with Crippen molar-refractivity contribution in [1.82, 2.24) is 19.7 Å². The molecule has 3 rings (SSSR count). The molecular formula is C13H8ClF3N4. The van der Waals surface area contributed by atoms with E-state index in [1.807, 2.05) is 0 Å². The minimum atomic E-state index is -4.34. The maximum Gasteiger partial charge on any atom is 0.416 e. The first-order chi connectivity index (χ1) is 9.93. The second-order valence-corrected chi connectivity index (χ2v) is 4.75. The highest BCUT2D eigenvalue weighted by Crippen LogP contribution is 2.29. The van der Waals surface area contributed by atoms with E-state index < -0.39 is 11.7 Å². The first kappa shape index (κ1) is 13.8. The second-order valence-electron chi connectivity index (χ2n) is 4.41. The standard InChI is InChI=1S/C13H8ClF3N4/c14-12-18-5-9-6-19-21(11(9)20-12)7-8-1-3-10(4-2-8)13(15,16)17/h1-6H,7H2. The van der Waals surface area contributed by atoms with Crippen LogP contribution in [0.1, 0.15) is 11.1 Å². The van der Waals surface area contributed by atoms with E-state index in [1.54, 1.807) is 17.1 Å². The Morgan fingerprint density at radius 3 is 2.48 bits per heavy atom. The third kappa shape index (κ3) is 2.82. The molecule has 0 spiro atoms. The van der Waals surface area contributed by atoms with Crippen LogP contribution in [0.5, 0.6) is 0 Å². The van der Waals surface area contributed by atoms with Gasteiger partial charge in [0.2, 0.25) is 5.28 Å². The predicted octanol–water partition coefficient (Wildman–Crippen LogP) is 3.55. The number of aromatic nitrogens is 4. The molecule has 0 fully saturated rings. The third-order valence-corrected chi connectivity index (χ3v) is 3.14. The topological polar surface area (TPSA) is 43.6 Å². The maximum absolute atomic E-state index is 12.5. The summed E-state index contributed by atoms with van der Waals surface area (Å²) in [4.78, 5) is 7.91. The fraction of sp³-hybridized carbons (Fsp3) is 0.154. The number of alkyl halides is 3. The number of rotatable bonds is 2. The van der Waals surface area contributed by atoms with Gasteiger partial charge in [0.15, 0.2) is 5.65 Å². The monoisotopic (exact) mass is 312 g/mol. The Morgan fingerprint density at radius 2 is 1.81 bits per heavy atom. The molecule has 0 aliphatic rings. The summed E-state index contributed by atoms with van der Waals surface area (Å²) >= 11 is 5.73. The van der Waals surface area contributed by atoms with Crippen molar-refractivity contribution >= 4 is 22.6 Å². The SMILES string of the molecule is FC(F)(F)c1ccc(Cn2ncc3cnc(Cl)nc32)cc1. The van der Waals surface area contributed by atoms with Crippen LogP contribution in [0.25, 0.3) is 11.0 Å². The van der Waals surface area contributed by atoms with Gasteiger partial charge in [-0.1, -0.05) is 12.1 Å². The van der Waals surface area contributed by atoms with Crippen LogP contribution in [0.4, 0.5) is 13.2 Å². The Morgan fingerprint density at radius 1 is 1.10 bits per heavy atom. The summed E-state index contributed by atoms with van der Waals surface area (Å²) in [5.41, 5.74) is 0.541. The number of hydrogen-bond donors (Lipinski definition) is 0. The van der Waals surface area contributed by atoms with Crippen molar-refractivity contribution in [3.05, 3.63) is 53.1 Å². The molecule has 2 heterocycles. The van der Waals surface area contributed by atoms with Gasteiger partial charge in [0.1, 0.15) is 0 Å². The number of hydrogen-bond acceptors (Lipinski definition) is 3. The van der Waals surface area contributed by atoms with Gasteiger partial charge in [-0.05, 0) is 29.3 Å². The lowest BCUT2D eigenvalue weighted by Gasteiger charge is -2.08. The zero-order valence-corrected chi connectivity index (χ0v) is 11.2. The molecule has 0 aliphatic heterocycles. The van der Waals surface area contributed by atoms with Gasteiger partial charge in [-0.15, -0.1) is 0 Å². The second kappa shape index (κ2) is 5.00. The van der Waals surface area contributed by atoms with Gasteiger partial charge in [-0.3, -0.25) is 0 Å². The zero-order valence-electron chi connectivity index (χ0n) is 10.5. The quantitative estimate of drug-likeness (QED) is 0.680. The van der Waals surface area contributed by atoms with Crippen molar-refractivity contribution in [3.8, 4) is 0 Å². The van der Waals surface area contributed by atoms with Gasteiger partial charge >= 0.3 is 6.18 Å². The summed E-state index contributed by atoms with van der Waals surface area (Å²) in [7, 11) is 0. The maximum atomic E-state index is 12.5. The predicted molar refractivity (Wildman–Crippen MR) is 70.9 cm³/mol. The summed E-state index contributed by atoms with van der Waals surface area (Å²) < 4.78 is 39.1. The Kier molecular flexibility index (Phi) is 3.29. The van der Waals surface area contributed by atoms with Crippen LogP contribution in [0.3, 0.4) is 0 Å². The fourth-order valence-electron chi connectivity index (χ4n) is 1.93. The highest BCUT2D eigenvalue weighted by molar-refractivity contribution is 6.28. The fourth-order valence-corrected chi connectivity index (χ4v) is 2.06. The Labute approximate surface area is 122 Å². The van der Waals surface area contributed by atoms with Gasteiger partial charge in [-0.25, -0.2) is 9.67 Å². The van der Waals surface area contributed by atoms with E-state index in [-0.39, 0.29) is 5.28 Å². The minimum absolute atomic E-state index is 0.0941. The first-order valence-electron chi connectivity index (χ1n) is 5.94.